The Balaban J connectivity index is 2.33. The summed E-state index contributed by atoms with van der Waals surface area (Å²) in [5, 5.41) is 2.21. The first kappa shape index (κ1) is 11.3. The van der Waals surface area contributed by atoms with Gasteiger partial charge in [0.05, 0.1) is 0 Å². The van der Waals surface area contributed by atoms with Crippen molar-refractivity contribution >= 4 is 23.5 Å². The van der Waals surface area contributed by atoms with Crippen molar-refractivity contribution in [3.05, 3.63) is 0 Å². The van der Waals surface area contributed by atoms with E-state index in [1.165, 1.54) is 0 Å². The Kier molecular flexibility index (Phi) is 3.37. The number of hydrogen-bond acceptors (Lipinski definition) is 2. The Morgan fingerprint density at radius 1 is 1.50 bits per heavy atom. The van der Waals surface area contributed by atoms with Crippen LogP contribution in [0.4, 0.5) is 4.79 Å². The number of likely N-dealkylation sites (tertiary alicyclic amines) is 1. The van der Waals surface area contributed by atoms with Gasteiger partial charge in [-0.1, -0.05) is 13.8 Å². The molecule has 1 N–H and O–H groups in total. The van der Waals surface area contributed by atoms with Crippen molar-refractivity contribution in [2.75, 3.05) is 19.0 Å². The molecular weight excluding hydrogens is 204 g/mol. The monoisotopic (exact) mass is 218 g/mol. The minimum absolute atomic E-state index is 0.176. The van der Waals surface area contributed by atoms with Crippen LogP contribution in [-0.2, 0) is 4.79 Å². The average Bonchev–Trinajstić information content (AvgIpc) is 2.12. The topological polar surface area (TPSA) is 49.4 Å². The number of nitrogens with zero attached hydrogens (tertiary/aromatic N) is 1. The summed E-state index contributed by atoms with van der Waals surface area (Å²) >= 11 is 5.26. The van der Waals surface area contributed by atoms with Gasteiger partial charge in [0.1, 0.15) is 5.88 Å². The number of hydrogen-bond donors (Lipinski definition) is 1. The van der Waals surface area contributed by atoms with Crippen molar-refractivity contribution in [2.24, 2.45) is 5.41 Å². The maximum atomic E-state index is 11.3. The molecule has 0 aromatic heterocycles. The van der Waals surface area contributed by atoms with Gasteiger partial charge in [0.2, 0.25) is 5.91 Å². The Hall–Kier alpha value is -0.770. The zero-order valence-electron chi connectivity index (χ0n) is 8.47. The van der Waals surface area contributed by atoms with Crippen molar-refractivity contribution in [3.8, 4) is 0 Å². The van der Waals surface area contributed by atoms with Crippen LogP contribution >= 0.6 is 11.6 Å². The molecule has 0 radical (unpaired) electrons. The van der Waals surface area contributed by atoms with Crippen LogP contribution in [0, 0.1) is 5.41 Å². The lowest BCUT2D eigenvalue weighted by molar-refractivity contribution is -0.118. The van der Waals surface area contributed by atoms with Crippen molar-refractivity contribution in [1.29, 1.82) is 0 Å². The van der Waals surface area contributed by atoms with E-state index in [1.807, 2.05) is 0 Å². The first-order chi connectivity index (χ1) is 6.50. The van der Waals surface area contributed by atoms with Crippen LogP contribution < -0.4 is 5.32 Å². The van der Waals surface area contributed by atoms with E-state index in [4.69, 9.17) is 11.6 Å². The highest BCUT2D eigenvalue weighted by Crippen LogP contribution is 2.32. The summed E-state index contributed by atoms with van der Waals surface area (Å²) in [4.78, 5) is 23.8. The molecule has 14 heavy (non-hydrogen) atoms. The minimum atomic E-state index is -0.443. The minimum Gasteiger partial charge on any atom is -0.323 e. The predicted octanol–water partition coefficient (Wildman–Crippen LogP) is 1.19. The van der Waals surface area contributed by atoms with E-state index in [1.54, 1.807) is 4.90 Å². The van der Waals surface area contributed by atoms with Crippen LogP contribution in [0.25, 0.3) is 0 Å². The smallest absolute Gasteiger partial charge is 0.323 e. The number of alkyl halides is 1. The van der Waals surface area contributed by atoms with Crippen LogP contribution in [-0.4, -0.2) is 35.8 Å². The van der Waals surface area contributed by atoms with E-state index in [9.17, 15) is 9.59 Å². The molecule has 3 amide bonds. The molecule has 0 aromatic carbocycles. The Labute approximate surface area is 88.6 Å². The van der Waals surface area contributed by atoms with E-state index in [0.717, 1.165) is 6.42 Å². The highest BCUT2D eigenvalue weighted by Gasteiger charge is 2.39. The second-order valence-corrected chi connectivity index (χ2v) is 4.27. The van der Waals surface area contributed by atoms with Gasteiger partial charge in [-0.05, 0) is 6.42 Å². The third-order valence-corrected chi connectivity index (χ3v) is 2.90. The molecule has 1 aliphatic rings. The van der Waals surface area contributed by atoms with Crippen molar-refractivity contribution in [3.63, 3.8) is 0 Å². The molecule has 5 heteroatoms. The second-order valence-electron chi connectivity index (χ2n) is 4.01. The zero-order valence-corrected chi connectivity index (χ0v) is 9.23. The molecule has 80 valence electrons. The number of amides is 3. The molecule has 1 fully saturated rings. The molecule has 0 aliphatic carbocycles. The summed E-state index contributed by atoms with van der Waals surface area (Å²) in [6, 6.07) is -0.332. The Morgan fingerprint density at radius 2 is 2.07 bits per heavy atom. The summed E-state index contributed by atoms with van der Waals surface area (Å²) in [7, 11) is 0. The zero-order chi connectivity index (χ0) is 10.8. The second kappa shape index (κ2) is 4.17. The van der Waals surface area contributed by atoms with Crippen molar-refractivity contribution < 1.29 is 9.59 Å². The maximum Gasteiger partial charge on any atom is 0.324 e. The van der Waals surface area contributed by atoms with E-state index < -0.39 is 5.91 Å². The lowest BCUT2D eigenvalue weighted by Crippen LogP contribution is -2.60. The molecular formula is C9H15ClN2O2. The fraction of sp³-hybridized carbons (Fsp3) is 0.778. The fourth-order valence-corrected chi connectivity index (χ4v) is 1.54. The number of carbonyl (C=O) groups is 2. The highest BCUT2D eigenvalue weighted by atomic mass is 35.5. The SMILES string of the molecule is CCC1(C)CN(C(=O)NC(=O)CCl)C1. The van der Waals surface area contributed by atoms with Gasteiger partial charge in [-0.2, -0.15) is 0 Å². The van der Waals surface area contributed by atoms with Crippen LogP contribution in [0.15, 0.2) is 0 Å². The summed E-state index contributed by atoms with van der Waals surface area (Å²) in [6.07, 6.45) is 1.04. The van der Waals surface area contributed by atoms with Crippen LogP contribution in [0.1, 0.15) is 20.3 Å². The number of nitrogens with one attached hydrogen (secondary N) is 1. The lowest BCUT2D eigenvalue weighted by atomic mass is 9.80. The molecule has 0 spiro atoms. The first-order valence-electron chi connectivity index (χ1n) is 4.65. The number of rotatable bonds is 2. The molecule has 0 aromatic rings. The number of urea groups is 1. The Morgan fingerprint density at radius 3 is 2.50 bits per heavy atom. The standard InChI is InChI=1S/C9H15ClN2O2/c1-3-9(2)5-12(6-9)8(14)11-7(13)4-10/h3-6H2,1-2H3,(H,11,13,14). The lowest BCUT2D eigenvalue weighted by Gasteiger charge is -2.47. The van der Waals surface area contributed by atoms with E-state index in [0.29, 0.717) is 13.1 Å². The van der Waals surface area contributed by atoms with E-state index in [2.05, 4.69) is 19.2 Å². The quantitative estimate of drug-likeness (QED) is 0.708. The van der Waals surface area contributed by atoms with Crippen LogP contribution in [0.2, 0.25) is 0 Å². The maximum absolute atomic E-state index is 11.3. The van der Waals surface area contributed by atoms with Gasteiger partial charge in [-0.25, -0.2) is 4.79 Å². The molecule has 0 saturated carbocycles. The van der Waals surface area contributed by atoms with Gasteiger partial charge in [0, 0.05) is 18.5 Å². The van der Waals surface area contributed by atoms with E-state index >= 15 is 0 Å². The first-order valence-corrected chi connectivity index (χ1v) is 5.19. The van der Waals surface area contributed by atoms with Gasteiger partial charge in [0.25, 0.3) is 0 Å². The molecule has 1 heterocycles. The highest BCUT2D eigenvalue weighted by molar-refractivity contribution is 6.28. The molecule has 4 nitrogen and oxygen atoms in total. The fourth-order valence-electron chi connectivity index (χ4n) is 1.47. The number of halogens is 1. The van der Waals surface area contributed by atoms with Crippen LogP contribution in [0.3, 0.4) is 0 Å². The van der Waals surface area contributed by atoms with Crippen molar-refractivity contribution in [1.82, 2.24) is 10.2 Å². The summed E-state index contributed by atoms with van der Waals surface area (Å²) in [5.41, 5.74) is 0.224. The molecule has 1 rings (SSSR count). The summed E-state index contributed by atoms with van der Waals surface area (Å²) in [6.45, 7) is 5.65. The van der Waals surface area contributed by atoms with Gasteiger partial charge >= 0.3 is 6.03 Å². The largest absolute Gasteiger partial charge is 0.324 e. The molecule has 1 aliphatic heterocycles. The number of imide groups is 1. The average molecular weight is 219 g/mol. The third kappa shape index (κ3) is 2.38. The van der Waals surface area contributed by atoms with Gasteiger partial charge in [-0.15, -0.1) is 11.6 Å². The number of carbonyl (C=O) groups excluding carboxylic acids is 2. The summed E-state index contributed by atoms with van der Waals surface area (Å²) < 4.78 is 0. The van der Waals surface area contributed by atoms with Gasteiger partial charge in [-0.3, -0.25) is 10.1 Å². The molecule has 0 unspecified atom stereocenters. The van der Waals surface area contributed by atoms with Crippen molar-refractivity contribution in [2.45, 2.75) is 20.3 Å². The van der Waals surface area contributed by atoms with Gasteiger partial charge in [0.15, 0.2) is 0 Å². The Bertz CT molecular complexity index is 249. The third-order valence-electron chi connectivity index (χ3n) is 2.65. The van der Waals surface area contributed by atoms with Crippen LogP contribution in [0.5, 0.6) is 0 Å². The molecule has 1 saturated heterocycles. The predicted molar refractivity (Wildman–Crippen MR) is 54.2 cm³/mol. The molecule has 0 bridgehead atoms. The normalized spacial score (nSPS) is 18.6. The molecule has 0 atom stereocenters. The van der Waals surface area contributed by atoms with Gasteiger partial charge < -0.3 is 4.90 Å². The summed E-state index contributed by atoms with van der Waals surface area (Å²) in [5.74, 6) is -0.619. The van der Waals surface area contributed by atoms with E-state index in [-0.39, 0.29) is 17.3 Å².